The lowest BCUT2D eigenvalue weighted by Crippen LogP contribution is -2.32. The van der Waals surface area contributed by atoms with Gasteiger partial charge in [0.25, 0.3) is 0 Å². The third kappa shape index (κ3) is 2.12. The molecule has 0 fully saturated rings. The van der Waals surface area contributed by atoms with E-state index in [4.69, 9.17) is 6.11 Å². The highest BCUT2D eigenvalue weighted by Crippen LogP contribution is 2.40. The summed E-state index contributed by atoms with van der Waals surface area (Å²) >= 11 is 0. The maximum atomic E-state index is 12.2. The Labute approximate surface area is 125 Å². The zero-order valence-corrected chi connectivity index (χ0v) is 11.0. The van der Waals surface area contributed by atoms with E-state index in [9.17, 15) is 30.3 Å². The lowest BCUT2D eigenvalue weighted by Gasteiger charge is -2.26. The Balaban J connectivity index is 2.14. The summed E-state index contributed by atoms with van der Waals surface area (Å²) in [5.41, 5.74) is -0.210. The molecule has 1 aromatic carbocycles. The van der Waals surface area contributed by atoms with E-state index in [1.54, 1.807) is 0 Å². The van der Waals surface area contributed by atoms with Crippen LogP contribution in [0.1, 0.15) is 11.7 Å². The molecule has 0 radical (unpaired) electrons. The molecule has 22 heavy (non-hydrogen) atoms. The normalized spacial score (nSPS) is 31.2. The molecule has 5 N–H and O–H groups in total. The summed E-state index contributed by atoms with van der Waals surface area (Å²) in [5, 5.41) is 48.4. The molecule has 0 bridgehead atoms. The summed E-state index contributed by atoms with van der Waals surface area (Å²) in [4.78, 5) is 12.2. The number of ether oxygens (including phenoxy) is 1. The predicted molar refractivity (Wildman–Crippen MR) is 73.6 cm³/mol. The number of phenolic OH excluding ortho intramolecular Hbond substituents is 2. The summed E-state index contributed by atoms with van der Waals surface area (Å²) in [6.07, 6.45) is -0.930. The first-order chi connectivity index (χ1) is 10.7. The molecule has 0 saturated carbocycles. The van der Waals surface area contributed by atoms with Crippen LogP contribution in [0, 0.1) is 0 Å². The number of aromatic hydroxyl groups is 2. The topological polar surface area (TPSA) is 127 Å². The van der Waals surface area contributed by atoms with Crippen LogP contribution in [0.4, 0.5) is 0 Å². The van der Waals surface area contributed by atoms with Crippen molar-refractivity contribution in [2.45, 2.75) is 12.2 Å². The van der Waals surface area contributed by atoms with Crippen LogP contribution in [0.2, 0.25) is 0 Å². The van der Waals surface area contributed by atoms with Crippen LogP contribution in [-0.4, -0.2) is 43.5 Å². The maximum Gasteiger partial charge on any atom is 0.206 e. The zero-order valence-electron chi connectivity index (χ0n) is 12.0. The number of carbonyl (C=O) groups is 1. The number of fused-ring (bicyclic) bond motifs is 1. The van der Waals surface area contributed by atoms with Gasteiger partial charge in [0, 0.05) is 17.7 Å². The second-order valence-corrected chi connectivity index (χ2v) is 4.77. The molecule has 0 saturated heterocycles. The van der Waals surface area contributed by atoms with E-state index in [2.05, 4.69) is 0 Å². The van der Waals surface area contributed by atoms with Crippen molar-refractivity contribution in [3.8, 4) is 17.2 Å². The Morgan fingerprint density at radius 3 is 2.59 bits per heavy atom. The summed E-state index contributed by atoms with van der Waals surface area (Å²) in [6.45, 7) is 0. The zero-order chi connectivity index (χ0) is 16.9. The molecule has 2 unspecified atom stereocenters. The molecular weight excluding hydrogens is 292 g/mol. The van der Waals surface area contributed by atoms with Crippen LogP contribution < -0.4 is 4.74 Å². The number of rotatable bonds is 0. The van der Waals surface area contributed by atoms with Crippen molar-refractivity contribution in [1.29, 1.82) is 0 Å². The number of benzene rings is 1. The molecule has 1 aromatic rings. The number of hydrogen-bond acceptors (Lipinski definition) is 7. The Bertz CT molecular complexity index is 804. The van der Waals surface area contributed by atoms with Crippen molar-refractivity contribution in [1.82, 2.24) is 0 Å². The second-order valence-electron chi connectivity index (χ2n) is 4.77. The van der Waals surface area contributed by atoms with Crippen molar-refractivity contribution in [2.24, 2.45) is 0 Å². The number of allylic oxidation sites excluding steroid dienone is 3. The Morgan fingerprint density at radius 1 is 1.18 bits per heavy atom. The number of phenols is 2. The molecule has 3 rings (SSSR count). The fraction of sp³-hybridized carbons (Fsp3) is 0.133. The van der Waals surface area contributed by atoms with Gasteiger partial charge in [0.2, 0.25) is 5.78 Å². The SMILES string of the molecule is [2H]C1(O)C=CC(=C2Oc3cc(O)cc(O)c3C(=O)C2O)C=C1O. The molecule has 1 aliphatic carbocycles. The van der Waals surface area contributed by atoms with Gasteiger partial charge in [-0.25, -0.2) is 0 Å². The van der Waals surface area contributed by atoms with Crippen molar-refractivity contribution in [3.63, 3.8) is 0 Å². The molecule has 7 nitrogen and oxygen atoms in total. The lowest BCUT2D eigenvalue weighted by atomic mass is 9.95. The lowest BCUT2D eigenvalue weighted by molar-refractivity contribution is 0.0697. The third-order valence-electron chi connectivity index (χ3n) is 3.29. The molecule has 7 heteroatoms. The Kier molecular flexibility index (Phi) is 2.88. The summed E-state index contributed by atoms with van der Waals surface area (Å²) in [7, 11) is 0. The predicted octanol–water partition coefficient (Wildman–Crippen LogP) is 0.660. The van der Waals surface area contributed by atoms with Crippen LogP contribution >= 0.6 is 0 Å². The van der Waals surface area contributed by atoms with E-state index in [-0.39, 0.29) is 28.4 Å². The fourth-order valence-corrected chi connectivity index (χ4v) is 2.24. The molecule has 114 valence electrons. The number of aliphatic hydroxyl groups excluding tert-OH is 2. The van der Waals surface area contributed by atoms with Crippen LogP contribution in [-0.2, 0) is 0 Å². The fourth-order valence-electron chi connectivity index (χ4n) is 2.24. The van der Waals surface area contributed by atoms with Crippen LogP contribution in [0.25, 0.3) is 0 Å². The van der Waals surface area contributed by atoms with Gasteiger partial charge in [0.1, 0.15) is 40.4 Å². The van der Waals surface area contributed by atoms with Crippen molar-refractivity contribution >= 4 is 5.78 Å². The van der Waals surface area contributed by atoms with Gasteiger partial charge in [-0.05, 0) is 12.2 Å². The van der Waals surface area contributed by atoms with Gasteiger partial charge >= 0.3 is 0 Å². The standard InChI is InChI=1S/C15H12O7/c16-7-4-10(19)12-11(5-7)22-15(14(21)13(12)20)6-1-2-8(17)9(18)3-6/h1-5,8,14,16-19,21H/i8D. The van der Waals surface area contributed by atoms with Crippen LogP contribution in [0.3, 0.4) is 0 Å². The second kappa shape index (κ2) is 4.90. The van der Waals surface area contributed by atoms with E-state index < -0.39 is 29.5 Å². The Hall–Kier alpha value is -2.77. The van der Waals surface area contributed by atoms with Gasteiger partial charge in [-0.3, -0.25) is 4.79 Å². The quantitative estimate of drug-likeness (QED) is 0.476. The summed E-state index contributed by atoms with van der Waals surface area (Å²) < 4.78 is 12.8. The molecule has 1 heterocycles. The average molecular weight is 305 g/mol. The van der Waals surface area contributed by atoms with Crippen molar-refractivity contribution < 1.29 is 36.4 Å². The number of hydrogen-bond donors (Lipinski definition) is 5. The molecule has 0 amide bonds. The molecule has 0 aromatic heterocycles. The minimum atomic E-state index is -2.30. The monoisotopic (exact) mass is 305 g/mol. The first-order valence-corrected chi connectivity index (χ1v) is 6.24. The molecule has 2 atom stereocenters. The highest BCUT2D eigenvalue weighted by Gasteiger charge is 2.36. The summed E-state index contributed by atoms with van der Waals surface area (Å²) in [6, 6.07) is 2.04. The number of ketones is 1. The number of carbonyl (C=O) groups excluding carboxylic acids is 1. The highest BCUT2D eigenvalue weighted by molar-refractivity contribution is 6.07. The van der Waals surface area contributed by atoms with Gasteiger partial charge in [-0.1, -0.05) is 6.08 Å². The maximum absolute atomic E-state index is 12.2. The van der Waals surface area contributed by atoms with Crippen molar-refractivity contribution in [2.75, 3.05) is 0 Å². The van der Waals surface area contributed by atoms with Gasteiger partial charge in [0.15, 0.2) is 6.10 Å². The highest BCUT2D eigenvalue weighted by atomic mass is 16.5. The average Bonchev–Trinajstić information content (AvgIpc) is 2.45. The minimum Gasteiger partial charge on any atom is -0.509 e. The van der Waals surface area contributed by atoms with E-state index in [1.165, 1.54) is 6.08 Å². The smallest absolute Gasteiger partial charge is 0.206 e. The van der Waals surface area contributed by atoms with E-state index in [0.717, 1.165) is 24.3 Å². The van der Waals surface area contributed by atoms with Gasteiger partial charge < -0.3 is 30.3 Å². The van der Waals surface area contributed by atoms with E-state index in [1.807, 2.05) is 0 Å². The van der Waals surface area contributed by atoms with Crippen molar-refractivity contribution in [3.05, 3.63) is 53.0 Å². The first kappa shape index (κ1) is 12.9. The molecule has 2 aliphatic rings. The number of aliphatic hydroxyl groups is 3. The van der Waals surface area contributed by atoms with Gasteiger partial charge in [0.05, 0.1) is 1.37 Å². The largest absolute Gasteiger partial charge is 0.509 e. The third-order valence-corrected chi connectivity index (χ3v) is 3.29. The summed E-state index contributed by atoms with van der Waals surface area (Å²) in [5.74, 6) is -2.85. The van der Waals surface area contributed by atoms with Crippen LogP contribution in [0.15, 0.2) is 47.5 Å². The first-order valence-electron chi connectivity index (χ1n) is 6.74. The van der Waals surface area contributed by atoms with E-state index >= 15 is 0 Å². The number of Topliss-reactive ketones (excluding diaryl/α,β-unsaturated/α-hetero) is 1. The molecular formula is C15H12O7. The van der Waals surface area contributed by atoms with Gasteiger partial charge in [-0.15, -0.1) is 0 Å². The van der Waals surface area contributed by atoms with Gasteiger partial charge in [-0.2, -0.15) is 0 Å². The van der Waals surface area contributed by atoms with Crippen LogP contribution in [0.5, 0.6) is 17.2 Å². The molecule has 1 aliphatic heterocycles. The Morgan fingerprint density at radius 2 is 1.91 bits per heavy atom. The molecule has 0 spiro atoms. The minimum absolute atomic E-state index is 0.0637. The van der Waals surface area contributed by atoms with E-state index in [0.29, 0.717) is 0 Å².